The van der Waals surface area contributed by atoms with E-state index in [1.54, 1.807) is 40.7 Å². The number of nitrogens with zero attached hydrogens (tertiary/aromatic N) is 1. The predicted octanol–water partition coefficient (Wildman–Crippen LogP) is 6.24. The summed E-state index contributed by atoms with van der Waals surface area (Å²) in [4.78, 5) is 51.6. The van der Waals surface area contributed by atoms with Crippen LogP contribution < -0.4 is 21.3 Å². The Bertz CT molecular complexity index is 1480. The number of carboxylic acid groups (broad SMARTS) is 1. The summed E-state index contributed by atoms with van der Waals surface area (Å²) >= 11 is 1.29. The molecule has 0 aliphatic carbocycles. The van der Waals surface area contributed by atoms with Crippen LogP contribution in [-0.2, 0) is 14.3 Å². The zero-order valence-corrected chi connectivity index (χ0v) is 28.6. The average molecular weight is 660 g/mol. The second kappa shape index (κ2) is 17.4. The Morgan fingerprint density at radius 3 is 1.85 bits per heavy atom. The number of aryl methyl sites for hydroxylation is 1. The van der Waals surface area contributed by atoms with Gasteiger partial charge in [-0.3, -0.25) is 9.59 Å². The van der Waals surface area contributed by atoms with Gasteiger partial charge < -0.3 is 31.1 Å². The number of carbonyl (C=O) groups excluding carboxylic acids is 3. The maximum absolute atomic E-state index is 13.2. The van der Waals surface area contributed by atoms with Gasteiger partial charge in [-0.1, -0.05) is 57.5 Å². The summed E-state index contributed by atoms with van der Waals surface area (Å²) in [6, 6.07) is 10.3. The minimum absolute atomic E-state index is 0.0417. The van der Waals surface area contributed by atoms with Crippen LogP contribution in [0.1, 0.15) is 83.6 Å². The van der Waals surface area contributed by atoms with Gasteiger partial charge >= 0.3 is 12.2 Å². The molecule has 1 heterocycles. The molecule has 0 bridgehead atoms. The van der Waals surface area contributed by atoms with E-state index in [2.05, 4.69) is 26.3 Å². The maximum Gasteiger partial charge on any atom is 0.408 e. The summed E-state index contributed by atoms with van der Waals surface area (Å²) in [5.74, 6) is -1.20. The van der Waals surface area contributed by atoms with Crippen molar-refractivity contribution in [2.24, 2.45) is 11.8 Å². The molecule has 0 radical (unpaired) electrons. The first-order valence-corrected chi connectivity index (χ1v) is 16.0. The summed E-state index contributed by atoms with van der Waals surface area (Å²) in [7, 11) is 0. The summed E-state index contributed by atoms with van der Waals surface area (Å²) in [6.07, 6.45) is -2.05. The molecular weight excluding hydrogens is 613 g/mol. The number of benzene rings is 2. The van der Waals surface area contributed by atoms with Crippen molar-refractivity contribution in [3.63, 3.8) is 0 Å². The first-order chi connectivity index (χ1) is 21.5. The molecule has 1 aromatic heterocycles. The van der Waals surface area contributed by atoms with Gasteiger partial charge in [0, 0.05) is 0 Å². The number of hydrogen-bond donors (Lipinski definition) is 5. The largest absolute Gasteiger partial charge is 0.465 e. The molecule has 0 aliphatic rings. The van der Waals surface area contributed by atoms with Crippen molar-refractivity contribution in [3.05, 3.63) is 64.4 Å². The summed E-state index contributed by atoms with van der Waals surface area (Å²) < 4.78 is 19.0. The summed E-state index contributed by atoms with van der Waals surface area (Å²) in [5, 5.41) is 20.0. The number of alkyl carbamates (subject to hydrolysis) is 1. The highest BCUT2D eigenvalue weighted by Gasteiger charge is 2.27. The molecule has 4 amide bonds. The molecule has 1 unspecified atom stereocenters. The van der Waals surface area contributed by atoms with E-state index in [-0.39, 0.29) is 35.7 Å². The van der Waals surface area contributed by atoms with E-state index < -0.39 is 36.2 Å². The lowest BCUT2D eigenvalue weighted by atomic mass is 10.0. The molecule has 2 aromatic carbocycles. The van der Waals surface area contributed by atoms with Crippen molar-refractivity contribution < 1.29 is 33.4 Å². The normalized spacial score (nSPS) is 13.7. The van der Waals surface area contributed by atoms with Gasteiger partial charge in [-0.25, -0.2) is 19.0 Å². The standard InChI is InChI=1S/C18H28N2O3.C15H18FN3O3S/c1-11(2)16(20-18(22)23-12(3)4)17(21)19-14(6)15-9-7-13(5)8-10-15;1-7(2)12(19-15(21)22)13(20)17-8(3)14-18-10-5-4-9(16)6-11(10)23-14/h7-12,14,16H,1-6H3,(H,19,21)(H,20,22);4-8,12,19H,1-3H3,(H,17,20)(H,21,22)/t14-,16?;8-,12+/m01/s1. The van der Waals surface area contributed by atoms with E-state index >= 15 is 0 Å². The highest BCUT2D eigenvalue weighted by Crippen LogP contribution is 2.27. The van der Waals surface area contributed by atoms with E-state index in [1.165, 1.54) is 29.0 Å². The van der Waals surface area contributed by atoms with Crippen molar-refractivity contribution in [2.75, 3.05) is 0 Å². The second-order valence-electron chi connectivity index (χ2n) is 12.0. The van der Waals surface area contributed by atoms with Crippen molar-refractivity contribution in [1.82, 2.24) is 26.3 Å². The Morgan fingerprint density at radius 1 is 0.783 bits per heavy atom. The number of carbonyl (C=O) groups is 4. The third-order valence-electron chi connectivity index (χ3n) is 6.83. The van der Waals surface area contributed by atoms with E-state index in [0.29, 0.717) is 15.2 Å². The van der Waals surface area contributed by atoms with Crippen LogP contribution in [0.4, 0.5) is 14.0 Å². The minimum Gasteiger partial charge on any atom is -0.465 e. The van der Waals surface area contributed by atoms with Crippen LogP contribution in [0.15, 0.2) is 42.5 Å². The van der Waals surface area contributed by atoms with Gasteiger partial charge in [-0.05, 0) is 70.2 Å². The van der Waals surface area contributed by atoms with Crippen molar-refractivity contribution >= 4 is 45.6 Å². The van der Waals surface area contributed by atoms with Crippen molar-refractivity contribution in [3.8, 4) is 0 Å². The number of nitrogens with one attached hydrogen (secondary N) is 4. The number of ether oxygens (including phenoxy) is 1. The second-order valence-corrected chi connectivity index (χ2v) is 13.1. The third kappa shape index (κ3) is 11.9. The van der Waals surface area contributed by atoms with Crippen LogP contribution >= 0.6 is 11.3 Å². The fourth-order valence-electron chi connectivity index (χ4n) is 4.29. The molecule has 11 nitrogen and oxygen atoms in total. The first-order valence-electron chi connectivity index (χ1n) is 15.2. The van der Waals surface area contributed by atoms with Gasteiger partial charge in [0.1, 0.15) is 22.9 Å². The lowest BCUT2D eigenvalue weighted by Gasteiger charge is -2.24. The number of amides is 4. The van der Waals surface area contributed by atoms with Crippen LogP contribution in [0.25, 0.3) is 10.2 Å². The molecule has 252 valence electrons. The number of fused-ring (bicyclic) bond motifs is 1. The molecule has 0 spiro atoms. The van der Waals surface area contributed by atoms with E-state index in [1.807, 2.05) is 52.0 Å². The van der Waals surface area contributed by atoms with Crippen molar-refractivity contribution in [2.45, 2.75) is 92.6 Å². The van der Waals surface area contributed by atoms with E-state index in [9.17, 15) is 23.6 Å². The van der Waals surface area contributed by atoms with Crippen LogP contribution in [-0.4, -0.2) is 52.3 Å². The smallest absolute Gasteiger partial charge is 0.408 e. The van der Waals surface area contributed by atoms with Crippen LogP contribution in [0.3, 0.4) is 0 Å². The van der Waals surface area contributed by atoms with Crippen LogP contribution in [0, 0.1) is 24.6 Å². The van der Waals surface area contributed by atoms with Gasteiger partial charge in [-0.15, -0.1) is 11.3 Å². The van der Waals surface area contributed by atoms with E-state index in [4.69, 9.17) is 9.84 Å². The molecule has 0 saturated carbocycles. The molecule has 0 aliphatic heterocycles. The number of hydrogen-bond acceptors (Lipinski definition) is 7. The predicted molar refractivity (Wildman–Crippen MR) is 177 cm³/mol. The molecule has 5 N–H and O–H groups in total. The summed E-state index contributed by atoms with van der Waals surface area (Å²) in [5.41, 5.74) is 2.86. The van der Waals surface area contributed by atoms with Gasteiger partial charge in [0.25, 0.3) is 0 Å². The Hall–Kier alpha value is -4.26. The quantitative estimate of drug-likeness (QED) is 0.163. The molecular formula is C33H46FN5O6S. The molecule has 0 saturated heterocycles. The van der Waals surface area contributed by atoms with Crippen LogP contribution in [0.2, 0.25) is 0 Å². The number of aromatic nitrogens is 1. The Kier molecular flexibility index (Phi) is 14.4. The third-order valence-corrected chi connectivity index (χ3v) is 8.03. The summed E-state index contributed by atoms with van der Waals surface area (Å²) in [6.45, 7) is 16.5. The molecule has 3 aromatic rings. The van der Waals surface area contributed by atoms with Gasteiger partial charge in [0.15, 0.2) is 0 Å². The fourth-order valence-corrected chi connectivity index (χ4v) is 5.28. The topological polar surface area (TPSA) is 159 Å². The number of thiazole rings is 1. The first kappa shape index (κ1) is 37.9. The highest BCUT2D eigenvalue weighted by atomic mass is 32.1. The van der Waals surface area contributed by atoms with Gasteiger partial charge in [0.2, 0.25) is 11.8 Å². The molecule has 3 rings (SSSR count). The number of rotatable bonds is 11. The fraction of sp³-hybridized carbons (Fsp3) is 0.485. The Labute approximate surface area is 273 Å². The molecule has 13 heteroatoms. The number of halogens is 1. The lowest BCUT2D eigenvalue weighted by Crippen LogP contribution is -2.50. The molecule has 0 fully saturated rings. The molecule has 46 heavy (non-hydrogen) atoms. The van der Waals surface area contributed by atoms with Gasteiger partial charge in [0.05, 0.1) is 28.4 Å². The van der Waals surface area contributed by atoms with Gasteiger partial charge in [-0.2, -0.15) is 0 Å². The van der Waals surface area contributed by atoms with Crippen LogP contribution in [0.5, 0.6) is 0 Å². The zero-order valence-electron chi connectivity index (χ0n) is 27.8. The van der Waals surface area contributed by atoms with Crippen molar-refractivity contribution in [1.29, 1.82) is 0 Å². The molecule has 4 atom stereocenters. The zero-order chi connectivity index (χ0) is 34.7. The lowest BCUT2D eigenvalue weighted by molar-refractivity contribution is -0.125. The SMILES string of the molecule is CC(C)[C@H](NC(=O)O)C(=O)N[C@H](C)c1nc2ccc(F)cc2s1.Cc1ccc([C@H](C)NC(=O)C(NC(=O)OC(C)C)C(C)C)cc1. The Morgan fingerprint density at radius 2 is 1.33 bits per heavy atom. The minimum atomic E-state index is -1.25. The van der Waals surface area contributed by atoms with E-state index in [0.717, 1.165) is 5.56 Å². The Balaban J connectivity index is 0.000000320. The highest BCUT2D eigenvalue weighted by molar-refractivity contribution is 7.18. The average Bonchev–Trinajstić information content (AvgIpc) is 3.38. The monoisotopic (exact) mass is 659 g/mol. The maximum atomic E-state index is 13.2.